The van der Waals surface area contributed by atoms with Crippen LogP contribution in [0.15, 0.2) is 114 Å². The normalized spacial score (nSPS) is 17.4. The second-order valence-corrected chi connectivity index (χ2v) is 13.4. The molecule has 48 heavy (non-hydrogen) atoms. The molecule has 0 radical (unpaired) electrons. The first-order valence-corrected chi connectivity index (χ1v) is 16.5. The minimum atomic E-state index is -4.23. The molecule has 3 unspecified atom stereocenters. The van der Waals surface area contributed by atoms with Gasteiger partial charge < -0.3 is 25.5 Å². The first-order valence-electron chi connectivity index (χ1n) is 15.0. The number of carboxylic acids is 1. The van der Waals surface area contributed by atoms with E-state index in [-0.39, 0.29) is 29.0 Å². The van der Waals surface area contributed by atoms with Crippen LogP contribution in [0.5, 0.6) is 0 Å². The van der Waals surface area contributed by atoms with Crippen LogP contribution in [0.3, 0.4) is 0 Å². The van der Waals surface area contributed by atoms with E-state index in [9.17, 15) is 27.6 Å². The number of rotatable bonds is 10. The van der Waals surface area contributed by atoms with Gasteiger partial charge in [0.2, 0.25) is 11.8 Å². The van der Waals surface area contributed by atoms with Gasteiger partial charge in [0, 0.05) is 24.0 Å². The van der Waals surface area contributed by atoms with E-state index in [1.807, 2.05) is 0 Å². The van der Waals surface area contributed by atoms with Gasteiger partial charge in [0.15, 0.2) is 9.84 Å². The summed E-state index contributed by atoms with van der Waals surface area (Å²) < 4.78 is 43.9. The van der Waals surface area contributed by atoms with Crippen molar-refractivity contribution in [3.63, 3.8) is 0 Å². The zero-order valence-corrected chi connectivity index (χ0v) is 26.6. The maximum Gasteiger partial charge on any atom is 0.319 e. The van der Waals surface area contributed by atoms with Crippen molar-refractivity contribution in [2.75, 3.05) is 23.8 Å². The number of halogens is 1. The fraction of sp³-hybridized carbons (Fsp3) is 0.200. The molecule has 0 aliphatic carbocycles. The predicted molar refractivity (Wildman–Crippen MR) is 176 cm³/mol. The van der Waals surface area contributed by atoms with Crippen LogP contribution in [-0.4, -0.2) is 67.1 Å². The molecule has 3 N–H and O–H groups in total. The number of likely N-dealkylation sites (N-methyl/N-ethyl adjacent to an activating group) is 1. The molecule has 0 bridgehead atoms. The molecular formula is C35H33FN4O7S. The number of nitrogens with zero attached hydrogens (tertiary/aromatic N) is 2. The topological polar surface area (TPSA) is 153 Å². The van der Waals surface area contributed by atoms with Crippen molar-refractivity contribution >= 4 is 45.0 Å². The molecule has 1 fully saturated rings. The first-order chi connectivity index (χ1) is 23.0. The van der Waals surface area contributed by atoms with Crippen molar-refractivity contribution in [1.82, 2.24) is 10.2 Å². The Labute approximate surface area is 276 Å². The molecule has 0 spiro atoms. The van der Waals surface area contributed by atoms with Gasteiger partial charge in [-0.3, -0.25) is 14.4 Å². The molecule has 3 atom stereocenters. The lowest BCUT2D eigenvalue weighted by atomic mass is 10.0. The van der Waals surface area contributed by atoms with Gasteiger partial charge in [0.05, 0.1) is 29.2 Å². The highest BCUT2D eigenvalue weighted by Gasteiger charge is 2.54. The Morgan fingerprint density at radius 3 is 2.21 bits per heavy atom. The summed E-state index contributed by atoms with van der Waals surface area (Å²) >= 11 is 0. The number of nitrogens with one attached hydrogen (secondary N) is 2. The largest absolute Gasteiger partial charge is 0.481 e. The average molecular weight is 673 g/mol. The van der Waals surface area contributed by atoms with Gasteiger partial charge in [-0.1, -0.05) is 66.7 Å². The summed E-state index contributed by atoms with van der Waals surface area (Å²) in [5.41, 5.74) is 1.12. The number of carbonyl (C=O) groups excluding carboxylic acids is 3. The number of urea groups is 1. The lowest BCUT2D eigenvalue weighted by Gasteiger charge is -2.33. The molecule has 1 aliphatic rings. The maximum absolute atomic E-state index is 15.5. The van der Waals surface area contributed by atoms with Crippen LogP contribution in [0, 0.1) is 5.82 Å². The van der Waals surface area contributed by atoms with E-state index in [0.29, 0.717) is 11.3 Å². The van der Waals surface area contributed by atoms with Crippen LogP contribution in [-0.2, 0) is 30.6 Å². The van der Waals surface area contributed by atoms with Crippen molar-refractivity contribution in [3.05, 3.63) is 126 Å². The number of hydrogen-bond donors (Lipinski definition) is 3. The molecule has 0 saturated carbocycles. The Morgan fingerprint density at radius 2 is 1.54 bits per heavy atom. The summed E-state index contributed by atoms with van der Waals surface area (Å²) in [4.78, 5) is 54.5. The minimum Gasteiger partial charge on any atom is -0.481 e. The Hall–Kier alpha value is -5.56. The standard InChI is InChI=1S/C35H33FN4O7S/c1-39(25-13-4-2-5-14-25)34(44)29-21-30(48(46,47)26-15-6-3-7-16-26)33(27-17-8-9-18-28(27)36)40(29)31(41)22-37-35(45)38-24-12-10-11-23(19-24)20-32(42)43/h2-19,29-30,33H,20-22H2,1H3,(H,42,43)(H2,37,38,45). The summed E-state index contributed by atoms with van der Waals surface area (Å²) in [6.45, 7) is -0.664. The molecular weight excluding hydrogens is 639 g/mol. The Morgan fingerprint density at radius 1 is 0.896 bits per heavy atom. The fourth-order valence-electron chi connectivity index (χ4n) is 5.89. The second-order valence-electron chi connectivity index (χ2n) is 11.2. The molecule has 5 rings (SSSR count). The van der Waals surface area contributed by atoms with E-state index >= 15 is 4.39 Å². The summed E-state index contributed by atoms with van der Waals surface area (Å²) in [7, 11) is -2.73. The molecule has 11 nitrogen and oxygen atoms in total. The van der Waals surface area contributed by atoms with Crippen molar-refractivity contribution in [2.24, 2.45) is 0 Å². The maximum atomic E-state index is 15.5. The summed E-state index contributed by atoms with van der Waals surface area (Å²) in [5.74, 6) is -3.22. The lowest BCUT2D eigenvalue weighted by molar-refractivity contribution is -0.138. The Kier molecular flexibility index (Phi) is 10.2. The Bertz CT molecular complexity index is 1930. The van der Waals surface area contributed by atoms with Crippen LogP contribution < -0.4 is 15.5 Å². The number of para-hydroxylation sites is 1. The van der Waals surface area contributed by atoms with Crippen molar-refractivity contribution in [2.45, 2.75) is 35.1 Å². The molecule has 4 aromatic carbocycles. The number of carbonyl (C=O) groups is 4. The monoisotopic (exact) mass is 672 g/mol. The summed E-state index contributed by atoms with van der Waals surface area (Å²) in [6, 6.07) is 24.2. The number of sulfone groups is 1. The molecule has 1 aliphatic heterocycles. The van der Waals surface area contributed by atoms with Crippen LogP contribution in [0.4, 0.5) is 20.6 Å². The minimum absolute atomic E-state index is 0.0455. The van der Waals surface area contributed by atoms with Crippen molar-refractivity contribution < 1.29 is 37.1 Å². The van der Waals surface area contributed by atoms with E-state index in [1.165, 1.54) is 54.4 Å². The molecule has 1 heterocycles. The van der Waals surface area contributed by atoms with Gasteiger partial charge in [-0.05, 0) is 54.4 Å². The SMILES string of the molecule is CN(C(=O)C1CC(S(=O)(=O)c2ccccc2)C(c2ccccc2F)N1C(=O)CNC(=O)Nc1cccc(CC(=O)O)c1)c1ccccc1. The van der Waals surface area contributed by atoms with Crippen LogP contribution in [0.1, 0.15) is 23.6 Å². The number of anilines is 2. The van der Waals surface area contributed by atoms with E-state index in [4.69, 9.17) is 5.11 Å². The number of likely N-dealkylation sites (tertiary alicyclic amines) is 1. The van der Waals surface area contributed by atoms with E-state index < -0.39 is 63.3 Å². The van der Waals surface area contributed by atoms with E-state index in [2.05, 4.69) is 10.6 Å². The van der Waals surface area contributed by atoms with Gasteiger partial charge in [0.1, 0.15) is 11.9 Å². The molecule has 13 heteroatoms. The van der Waals surface area contributed by atoms with Crippen molar-refractivity contribution in [3.8, 4) is 0 Å². The number of aliphatic carboxylic acids is 1. The third-order valence-electron chi connectivity index (χ3n) is 8.12. The lowest BCUT2D eigenvalue weighted by Crippen LogP contribution is -2.50. The second kappa shape index (κ2) is 14.5. The summed E-state index contributed by atoms with van der Waals surface area (Å²) in [6.07, 6.45) is -0.595. The smallest absolute Gasteiger partial charge is 0.319 e. The molecule has 4 amide bonds. The first kappa shape index (κ1) is 33.8. The highest BCUT2D eigenvalue weighted by molar-refractivity contribution is 7.92. The van der Waals surface area contributed by atoms with Gasteiger partial charge in [-0.25, -0.2) is 17.6 Å². The van der Waals surface area contributed by atoms with Crippen molar-refractivity contribution in [1.29, 1.82) is 0 Å². The number of hydrogen-bond acceptors (Lipinski definition) is 6. The summed E-state index contributed by atoms with van der Waals surface area (Å²) in [5, 5.41) is 12.6. The van der Waals surface area contributed by atoms with Crippen LogP contribution in [0.2, 0.25) is 0 Å². The molecule has 0 aromatic heterocycles. The molecule has 248 valence electrons. The predicted octanol–water partition coefficient (Wildman–Crippen LogP) is 4.42. The zero-order valence-electron chi connectivity index (χ0n) is 25.8. The van der Waals surface area contributed by atoms with Crippen LogP contribution >= 0.6 is 0 Å². The van der Waals surface area contributed by atoms with Gasteiger partial charge in [0.25, 0.3) is 0 Å². The zero-order chi connectivity index (χ0) is 34.4. The van der Waals surface area contributed by atoms with Gasteiger partial charge in [-0.2, -0.15) is 0 Å². The third-order valence-corrected chi connectivity index (χ3v) is 10.3. The van der Waals surface area contributed by atoms with E-state index in [0.717, 1.165) is 11.0 Å². The number of carboxylic acid groups (broad SMARTS) is 1. The fourth-order valence-corrected chi connectivity index (χ4v) is 7.83. The van der Waals surface area contributed by atoms with Gasteiger partial charge in [-0.15, -0.1) is 0 Å². The third kappa shape index (κ3) is 7.36. The Balaban J connectivity index is 1.50. The van der Waals surface area contributed by atoms with E-state index in [1.54, 1.807) is 60.7 Å². The van der Waals surface area contributed by atoms with Crippen LogP contribution in [0.25, 0.3) is 0 Å². The van der Waals surface area contributed by atoms with Gasteiger partial charge >= 0.3 is 12.0 Å². The molecule has 1 saturated heterocycles. The highest BCUT2D eigenvalue weighted by atomic mass is 32.2. The number of benzene rings is 4. The average Bonchev–Trinajstić information content (AvgIpc) is 3.49. The quantitative estimate of drug-likeness (QED) is 0.226. The highest BCUT2D eigenvalue weighted by Crippen LogP contribution is 2.44. The molecule has 4 aromatic rings. The number of amides is 4.